The van der Waals surface area contributed by atoms with Crippen LogP contribution in [0.2, 0.25) is 0 Å². The molecular formula is C14H19N3O4. The minimum absolute atomic E-state index is 0.118. The van der Waals surface area contributed by atoms with Gasteiger partial charge < -0.3 is 14.8 Å². The fourth-order valence-corrected chi connectivity index (χ4v) is 2.14. The summed E-state index contributed by atoms with van der Waals surface area (Å²) >= 11 is 0. The first-order chi connectivity index (χ1) is 10.1. The third kappa shape index (κ3) is 4.44. The number of rotatable bonds is 5. The van der Waals surface area contributed by atoms with E-state index in [0.717, 1.165) is 6.42 Å². The lowest BCUT2D eigenvalue weighted by molar-refractivity contribution is -0.132. The molecule has 2 amide bonds. The van der Waals surface area contributed by atoms with Crippen molar-refractivity contribution >= 4 is 17.5 Å². The first-order valence-electron chi connectivity index (χ1n) is 6.75. The average molecular weight is 293 g/mol. The summed E-state index contributed by atoms with van der Waals surface area (Å²) < 4.78 is 11.1. The summed E-state index contributed by atoms with van der Waals surface area (Å²) in [4.78, 5) is 22.2. The smallest absolute Gasteiger partial charge is 0.263 e. The largest absolute Gasteiger partial charge is 0.491 e. The maximum Gasteiger partial charge on any atom is 0.263 e. The van der Waals surface area contributed by atoms with Gasteiger partial charge in [0.15, 0.2) is 0 Å². The fraction of sp³-hybridized carbons (Fsp3) is 0.429. The highest BCUT2D eigenvalue weighted by molar-refractivity contribution is 5.88. The minimum atomic E-state index is -0.495. The Morgan fingerprint density at radius 3 is 2.67 bits per heavy atom. The monoisotopic (exact) mass is 293 g/mol. The van der Waals surface area contributed by atoms with Gasteiger partial charge in [-0.25, -0.2) is 5.84 Å². The lowest BCUT2D eigenvalue weighted by Gasteiger charge is -2.14. The van der Waals surface area contributed by atoms with Crippen LogP contribution in [-0.2, 0) is 14.3 Å². The Labute approximate surface area is 122 Å². The van der Waals surface area contributed by atoms with Crippen LogP contribution >= 0.6 is 0 Å². The topological polar surface area (TPSA) is 103 Å². The van der Waals surface area contributed by atoms with Gasteiger partial charge in [0.25, 0.3) is 5.91 Å². The first kappa shape index (κ1) is 15.3. The zero-order valence-corrected chi connectivity index (χ0v) is 11.8. The summed E-state index contributed by atoms with van der Waals surface area (Å²) in [5.41, 5.74) is 2.80. The summed E-state index contributed by atoms with van der Waals surface area (Å²) in [7, 11) is 0. The third-order valence-corrected chi connectivity index (χ3v) is 3.15. The van der Waals surface area contributed by atoms with Crippen LogP contribution < -0.4 is 21.3 Å². The Morgan fingerprint density at radius 1 is 1.33 bits per heavy atom. The molecule has 7 nitrogen and oxygen atoms in total. The molecule has 1 saturated heterocycles. The molecule has 1 fully saturated rings. The summed E-state index contributed by atoms with van der Waals surface area (Å²) in [6, 6.07) is 7.06. The van der Waals surface area contributed by atoms with Gasteiger partial charge in [-0.3, -0.25) is 15.0 Å². The Kier molecular flexibility index (Phi) is 5.13. The van der Waals surface area contributed by atoms with Crippen LogP contribution in [0.4, 0.5) is 5.69 Å². The maximum absolute atomic E-state index is 11.3. The van der Waals surface area contributed by atoms with E-state index in [1.807, 2.05) is 0 Å². The van der Waals surface area contributed by atoms with Crippen molar-refractivity contribution in [2.24, 2.45) is 5.84 Å². The average Bonchev–Trinajstić information content (AvgIpc) is 2.94. The van der Waals surface area contributed by atoms with Crippen LogP contribution in [-0.4, -0.2) is 30.6 Å². The SMILES string of the molecule is CC(=O)Nc1ccc(OCC2CCC(C(=O)NN)O2)cc1. The Morgan fingerprint density at radius 2 is 2.05 bits per heavy atom. The van der Waals surface area contributed by atoms with Crippen LogP contribution in [0.5, 0.6) is 5.75 Å². The molecule has 2 atom stereocenters. The Balaban J connectivity index is 1.78. The van der Waals surface area contributed by atoms with Gasteiger partial charge in [-0.2, -0.15) is 0 Å². The Hall–Kier alpha value is -2.12. The number of benzene rings is 1. The highest BCUT2D eigenvalue weighted by Gasteiger charge is 2.30. The number of hydrogen-bond donors (Lipinski definition) is 3. The fourth-order valence-electron chi connectivity index (χ4n) is 2.14. The van der Waals surface area contributed by atoms with Crippen molar-refractivity contribution in [1.82, 2.24) is 5.43 Å². The molecular weight excluding hydrogens is 274 g/mol. The maximum atomic E-state index is 11.3. The van der Waals surface area contributed by atoms with Crippen molar-refractivity contribution in [3.8, 4) is 5.75 Å². The van der Waals surface area contributed by atoms with Gasteiger partial charge in [-0.15, -0.1) is 0 Å². The summed E-state index contributed by atoms with van der Waals surface area (Å²) in [6.07, 6.45) is 0.772. The minimum Gasteiger partial charge on any atom is -0.491 e. The molecule has 2 rings (SSSR count). The zero-order chi connectivity index (χ0) is 15.2. The number of nitrogens with two attached hydrogens (primary N) is 1. The van der Waals surface area contributed by atoms with Crippen molar-refractivity contribution in [3.63, 3.8) is 0 Å². The van der Waals surface area contributed by atoms with Crippen LogP contribution in [0.15, 0.2) is 24.3 Å². The highest BCUT2D eigenvalue weighted by Crippen LogP contribution is 2.22. The van der Waals surface area contributed by atoms with Crippen molar-refractivity contribution in [3.05, 3.63) is 24.3 Å². The first-order valence-corrected chi connectivity index (χ1v) is 6.75. The van der Waals surface area contributed by atoms with Gasteiger partial charge in [-0.05, 0) is 37.1 Å². The molecule has 0 aliphatic carbocycles. The molecule has 0 bridgehead atoms. The second kappa shape index (κ2) is 7.05. The predicted molar refractivity (Wildman–Crippen MR) is 76.5 cm³/mol. The molecule has 1 aromatic rings. The van der Waals surface area contributed by atoms with Gasteiger partial charge in [0, 0.05) is 12.6 Å². The van der Waals surface area contributed by atoms with E-state index in [4.69, 9.17) is 15.3 Å². The van der Waals surface area contributed by atoms with Crippen molar-refractivity contribution in [2.45, 2.75) is 32.0 Å². The van der Waals surface area contributed by atoms with Crippen molar-refractivity contribution in [2.75, 3.05) is 11.9 Å². The standard InChI is InChI=1S/C14H19N3O4/c1-9(18)16-10-2-4-11(5-3-10)20-8-12-6-7-13(21-12)14(19)17-15/h2-5,12-13H,6-8,15H2,1H3,(H,16,18)(H,17,19). The van der Waals surface area contributed by atoms with E-state index in [9.17, 15) is 9.59 Å². The molecule has 1 aliphatic heterocycles. The quantitative estimate of drug-likeness (QED) is 0.418. The number of nitrogens with one attached hydrogen (secondary N) is 2. The molecule has 7 heteroatoms. The predicted octanol–water partition coefficient (Wildman–Crippen LogP) is 0.561. The number of carbonyl (C=O) groups excluding carboxylic acids is 2. The van der Waals surface area contributed by atoms with E-state index >= 15 is 0 Å². The van der Waals surface area contributed by atoms with Crippen molar-refractivity contribution < 1.29 is 19.1 Å². The second-order valence-corrected chi connectivity index (χ2v) is 4.85. The molecule has 2 unspecified atom stereocenters. The van der Waals surface area contributed by atoms with E-state index in [2.05, 4.69) is 10.7 Å². The second-order valence-electron chi connectivity index (χ2n) is 4.85. The number of hydrazine groups is 1. The molecule has 0 spiro atoms. The highest BCUT2D eigenvalue weighted by atomic mass is 16.5. The summed E-state index contributed by atoms with van der Waals surface area (Å²) in [5.74, 6) is 5.32. The molecule has 114 valence electrons. The van der Waals surface area contributed by atoms with Gasteiger partial charge in [0.1, 0.15) is 18.5 Å². The normalized spacial score (nSPS) is 20.9. The summed E-state index contributed by atoms with van der Waals surface area (Å²) in [6.45, 7) is 1.82. The van der Waals surface area contributed by atoms with Gasteiger partial charge >= 0.3 is 0 Å². The molecule has 1 heterocycles. The number of anilines is 1. The molecule has 0 aromatic heterocycles. The van der Waals surface area contributed by atoms with E-state index < -0.39 is 6.10 Å². The lowest BCUT2D eigenvalue weighted by Crippen LogP contribution is -2.39. The lowest BCUT2D eigenvalue weighted by atomic mass is 10.2. The van der Waals surface area contributed by atoms with Crippen molar-refractivity contribution in [1.29, 1.82) is 0 Å². The molecule has 0 saturated carbocycles. The molecule has 21 heavy (non-hydrogen) atoms. The molecule has 4 N–H and O–H groups in total. The van der Waals surface area contributed by atoms with E-state index in [0.29, 0.717) is 24.5 Å². The summed E-state index contributed by atoms with van der Waals surface area (Å²) in [5, 5.41) is 2.68. The zero-order valence-electron chi connectivity index (χ0n) is 11.8. The van der Waals surface area contributed by atoms with Crippen LogP contribution in [0.1, 0.15) is 19.8 Å². The Bertz CT molecular complexity index is 503. The van der Waals surface area contributed by atoms with Crippen LogP contribution in [0, 0.1) is 0 Å². The van der Waals surface area contributed by atoms with Gasteiger partial charge in [0.2, 0.25) is 5.91 Å². The number of carbonyl (C=O) groups is 2. The third-order valence-electron chi connectivity index (χ3n) is 3.15. The van der Waals surface area contributed by atoms with Gasteiger partial charge in [-0.1, -0.05) is 0 Å². The van der Waals surface area contributed by atoms with E-state index in [1.54, 1.807) is 24.3 Å². The van der Waals surface area contributed by atoms with Crippen LogP contribution in [0.25, 0.3) is 0 Å². The molecule has 0 radical (unpaired) electrons. The van der Waals surface area contributed by atoms with Crippen LogP contribution in [0.3, 0.4) is 0 Å². The van der Waals surface area contributed by atoms with E-state index in [-0.39, 0.29) is 17.9 Å². The number of ether oxygens (including phenoxy) is 2. The number of hydrogen-bond acceptors (Lipinski definition) is 5. The molecule has 1 aliphatic rings. The molecule has 1 aromatic carbocycles. The van der Waals surface area contributed by atoms with Gasteiger partial charge in [0.05, 0.1) is 6.10 Å². The van der Waals surface area contributed by atoms with E-state index in [1.165, 1.54) is 6.92 Å². The number of amides is 2.